The summed E-state index contributed by atoms with van der Waals surface area (Å²) in [5.41, 5.74) is 9.22. The number of amides is 1. The van der Waals surface area contributed by atoms with Crippen molar-refractivity contribution in [2.75, 3.05) is 11.1 Å². The number of nitrogen functional groups attached to an aromatic ring is 1. The van der Waals surface area contributed by atoms with Crippen molar-refractivity contribution in [1.82, 2.24) is 14.5 Å². The Kier molecular flexibility index (Phi) is 4.52. The topological polar surface area (TPSA) is 95.1 Å². The first-order chi connectivity index (χ1) is 14.6. The van der Waals surface area contributed by atoms with E-state index in [4.69, 9.17) is 22.1 Å². The molecule has 1 saturated carbocycles. The van der Waals surface area contributed by atoms with E-state index in [0.717, 1.165) is 35.0 Å². The van der Waals surface area contributed by atoms with Gasteiger partial charge in [0.05, 0.1) is 16.1 Å². The number of para-hydroxylation sites is 1. The minimum absolute atomic E-state index is 0.389. The maximum absolute atomic E-state index is 12.2. The number of halogens is 1. The van der Waals surface area contributed by atoms with Gasteiger partial charge in [0.2, 0.25) is 0 Å². The molecule has 5 rings (SSSR count). The molecule has 0 saturated heterocycles. The van der Waals surface area contributed by atoms with Gasteiger partial charge in [0.1, 0.15) is 23.5 Å². The number of hydrogen-bond acceptors (Lipinski definition) is 5. The van der Waals surface area contributed by atoms with E-state index in [2.05, 4.69) is 26.0 Å². The summed E-state index contributed by atoms with van der Waals surface area (Å²) in [6.45, 7) is 0. The zero-order chi connectivity index (χ0) is 20.7. The van der Waals surface area contributed by atoms with E-state index < -0.39 is 6.09 Å². The predicted octanol–water partition coefficient (Wildman–Crippen LogP) is 5.28. The summed E-state index contributed by atoms with van der Waals surface area (Å²) in [6.07, 6.45) is 5.17. The zero-order valence-corrected chi connectivity index (χ0v) is 16.6. The fraction of sp³-hybridized carbons (Fsp3) is 0.136. The Morgan fingerprint density at radius 1 is 1.17 bits per heavy atom. The molecule has 1 aliphatic rings. The van der Waals surface area contributed by atoms with Gasteiger partial charge >= 0.3 is 6.09 Å². The van der Waals surface area contributed by atoms with Crippen LogP contribution in [-0.4, -0.2) is 20.6 Å². The van der Waals surface area contributed by atoms with E-state index in [1.165, 1.54) is 6.33 Å². The molecule has 8 heteroatoms. The first-order valence-corrected chi connectivity index (χ1v) is 9.93. The van der Waals surface area contributed by atoms with Crippen LogP contribution in [0.15, 0.2) is 61.1 Å². The Bertz CT molecular complexity index is 1250. The van der Waals surface area contributed by atoms with Gasteiger partial charge in [-0.2, -0.15) is 0 Å². The number of rotatable bonds is 4. The highest BCUT2D eigenvalue weighted by atomic mass is 35.5. The summed E-state index contributed by atoms with van der Waals surface area (Å²) in [5, 5.41) is 3.87. The Morgan fingerprint density at radius 3 is 2.70 bits per heavy atom. The van der Waals surface area contributed by atoms with Crippen LogP contribution in [0.2, 0.25) is 5.02 Å². The van der Waals surface area contributed by atoms with Crippen molar-refractivity contribution < 1.29 is 9.53 Å². The molecule has 1 aliphatic carbocycles. The third kappa shape index (κ3) is 3.44. The molecule has 2 heterocycles. The number of anilines is 2. The van der Waals surface area contributed by atoms with Crippen LogP contribution in [0.1, 0.15) is 18.9 Å². The molecule has 1 fully saturated rings. The minimum atomic E-state index is -0.612. The smallest absolute Gasteiger partial charge is 0.410 e. The van der Waals surface area contributed by atoms with Gasteiger partial charge in [-0.25, -0.2) is 14.8 Å². The summed E-state index contributed by atoms with van der Waals surface area (Å²) in [7, 11) is 0. The monoisotopic (exact) mass is 419 g/mol. The van der Waals surface area contributed by atoms with Crippen LogP contribution in [0, 0.1) is 0 Å². The van der Waals surface area contributed by atoms with Gasteiger partial charge in [-0.15, -0.1) is 0 Å². The lowest BCUT2D eigenvalue weighted by Gasteiger charge is -2.09. The number of carbonyl (C=O) groups excluding carboxylic acids is 1. The van der Waals surface area contributed by atoms with Gasteiger partial charge in [0.25, 0.3) is 0 Å². The van der Waals surface area contributed by atoms with E-state index in [-0.39, 0.29) is 0 Å². The highest BCUT2D eigenvalue weighted by molar-refractivity contribution is 6.34. The third-order valence-corrected chi connectivity index (χ3v) is 5.36. The summed E-state index contributed by atoms with van der Waals surface area (Å²) in [6, 6.07) is 14.7. The molecule has 0 bridgehead atoms. The highest BCUT2D eigenvalue weighted by Gasteiger charge is 2.27. The lowest BCUT2D eigenvalue weighted by Crippen LogP contribution is -2.16. The lowest BCUT2D eigenvalue weighted by atomic mass is 10.1. The molecule has 1 amide bonds. The van der Waals surface area contributed by atoms with E-state index in [9.17, 15) is 4.79 Å². The quantitative estimate of drug-likeness (QED) is 0.469. The molecule has 0 spiro atoms. The average Bonchev–Trinajstić information content (AvgIpc) is 3.50. The van der Waals surface area contributed by atoms with Crippen molar-refractivity contribution >= 4 is 40.2 Å². The highest BCUT2D eigenvalue weighted by Crippen LogP contribution is 2.42. The van der Waals surface area contributed by atoms with Crippen LogP contribution in [0.25, 0.3) is 22.2 Å². The average molecular weight is 420 g/mol. The van der Waals surface area contributed by atoms with Gasteiger partial charge in [-0.05, 0) is 42.7 Å². The van der Waals surface area contributed by atoms with Crippen molar-refractivity contribution in [2.24, 2.45) is 0 Å². The number of benzene rings is 2. The second-order valence-corrected chi connectivity index (χ2v) is 7.57. The van der Waals surface area contributed by atoms with Gasteiger partial charge in [0, 0.05) is 17.8 Å². The van der Waals surface area contributed by atoms with Crippen molar-refractivity contribution in [1.29, 1.82) is 0 Å². The molecule has 0 atom stereocenters. The normalized spacial score (nSPS) is 13.4. The fourth-order valence-corrected chi connectivity index (χ4v) is 3.70. The number of nitrogens with two attached hydrogens (primary N) is 1. The molecular weight excluding hydrogens is 402 g/mol. The lowest BCUT2D eigenvalue weighted by molar-refractivity contribution is 0.215. The third-order valence-electron chi connectivity index (χ3n) is 5.05. The number of fused-ring (bicyclic) bond motifs is 1. The largest absolute Gasteiger partial charge is 0.417 e. The number of aromatic nitrogens is 3. The molecule has 3 N–H and O–H groups in total. The second kappa shape index (κ2) is 7.35. The first kappa shape index (κ1) is 18.4. The van der Waals surface area contributed by atoms with Gasteiger partial charge in [0.15, 0.2) is 0 Å². The Labute approximate surface area is 177 Å². The van der Waals surface area contributed by atoms with E-state index in [1.54, 1.807) is 36.4 Å². The standard InChI is InChI=1S/C22H18ClN5O2/c23-17-10-13(6-9-18(17)27-22(29)30-15-4-2-1-3-5-15)16-11-28(14-7-8-14)21-19(16)20(24)25-12-26-21/h1-6,9-12,14H,7-8H2,(H,27,29)(H2,24,25,26). The molecule has 2 aromatic heterocycles. The van der Waals surface area contributed by atoms with E-state index in [1.807, 2.05) is 12.1 Å². The van der Waals surface area contributed by atoms with Crippen molar-refractivity contribution in [3.05, 3.63) is 66.1 Å². The first-order valence-electron chi connectivity index (χ1n) is 9.55. The van der Waals surface area contributed by atoms with Crippen molar-refractivity contribution in [3.8, 4) is 16.9 Å². The van der Waals surface area contributed by atoms with Gasteiger partial charge < -0.3 is 15.0 Å². The zero-order valence-electron chi connectivity index (χ0n) is 15.9. The van der Waals surface area contributed by atoms with E-state index in [0.29, 0.717) is 28.3 Å². The molecular formula is C22H18ClN5O2. The predicted molar refractivity (Wildman–Crippen MR) is 117 cm³/mol. The van der Waals surface area contributed by atoms with Crippen LogP contribution in [-0.2, 0) is 0 Å². The van der Waals surface area contributed by atoms with Crippen LogP contribution < -0.4 is 15.8 Å². The molecule has 4 aromatic rings. The SMILES string of the molecule is Nc1ncnc2c1c(-c1ccc(NC(=O)Oc3ccccc3)c(Cl)c1)cn2C1CC1. The van der Waals surface area contributed by atoms with Gasteiger partial charge in [-0.3, -0.25) is 5.32 Å². The number of nitrogens with zero attached hydrogens (tertiary/aromatic N) is 3. The maximum atomic E-state index is 12.2. The van der Waals surface area contributed by atoms with Crippen molar-refractivity contribution in [2.45, 2.75) is 18.9 Å². The van der Waals surface area contributed by atoms with Crippen LogP contribution in [0.5, 0.6) is 5.75 Å². The summed E-state index contributed by atoms with van der Waals surface area (Å²) < 4.78 is 7.41. The number of nitrogens with one attached hydrogen (secondary N) is 1. The number of hydrogen-bond donors (Lipinski definition) is 2. The van der Waals surface area contributed by atoms with E-state index >= 15 is 0 Å². The Balaban J connectivity index is 1.45. The fourth-order valence-electron chi connectivity index (χ4n) is 3.47. The summed E-state index contributed by atoms with van der Waals surface area (Å²) in [5.74, 6) is 0.880. The molecule has 150 valence electrons. The summed E-state index contributed by atoms with van der Waals surface area (Å²) >= 11 is 6.46. The molecule has 2 aromatic carbocycles. The minimum Gasteiger partial charge on any atom is -0.410 e. The molecule has 0 radical (unpaired) electrons. The second-order valence-electron chi connectivity index (χ2n) is 7.16. The summed E-state index contributed by atoms with van der Waals surface area (Å²) in [4.78, 5) is 20.8. The van der Waals surface area contributed by atoms with Gasteiger partial charge in [-0.1, -0.05) is 35.9 Å². The molecule has 7 nitrogen and oxygen atoms in total. The Morgan fingerprint density at radius 2 is 1.97 bits per heavy atom. The molecule has 0 aliphatic heterocycles. The molecule has 30 heavy (non-hydrogen) atoms. The van der Waals surface area contributed by atoms with Crippen molar-refractivity contribution in [3.63, 3.8) is 0 Å². The molecule has 0 unspecified atom stereocenters. The number of ether oxygens (including phenoxy) is 1. The maximum Gasteiger partial charge on any atom is 0.417 e. The Hall–Kier alpha value is -3.58. The van der Waals surface area contributed by atoms with Crippen LogP contribution in [0.4, 0.5) is 16.3 Å². The van der Waals surface area contributed by atoms with Crippen LogP contribution >= 0.6 is 11.6 Å². The van der Waals surface area contributed by atoms with Crippen LogP contribution in [0.3, 0.4) is 0 Å². The number of carbonyl (C=O) groups is 1.